The minimum atomic E-state index is -3.78. The molecule has 2 heterocycles. The molecule has 0 aliphatic carbocycles. The molecule has 0 aliphatic heterocycles. The maximum atomic E-state index is 11.5. The molecule has 5 nitrogen and oxygen atoms in total. The molecule has 19 heavy (non-hydrogen) atoms. The van der Waals surface area contributed by atoms with E-state index in [-0.39, 0.29) is 4.90 Å². The molecule has 0 bridgehead atoms. The number of halogens is 2. The zero-order valence-electron chi connectivity index (χ0n) is 10.3. The molecule has 0 N–H and O–H groups in total. The molecule has 0 saturated heterocycles. The van der Waals surface area contributed by atoms with E-state index in [4.69, 9.17) is 10.7 Å². The van der Waals surface area contributed by atoms with Crippen molar-refractivity contribution in [3.63, 3.8) is 0 Å². The van der Waals surface area contributed by atoms with Gasteiger partial charge in [0.15, 0.2) is 0 Å². The first-order chi connectivity index (χ1) is 8.79. The van der Waals surface area contributed by atoms with Gasteiger partial charge in [-0.25, -0.2) is 8.42 Å². The van der Waals surface area contributed by atoms with E-state index in [0.717, 1.165) is 10.0 Å². The molecule has 0 fully saturated rings. The lowest BCUT2D eigenvalue weighted by Gasteiger charge is -2.05. The zero-order valence-corrected chi connectivity index (χ0v) is 13.4. The number of nitrogens with zero attached hydrogens (tertiary/aromatic N) is 3. The average Bonchev–Trinajstić information content (AvgIpc) is 2.53. The van der Waals surface area contributed by atoms with Crippen LogP contribution in [0.25, 0.3) is 0 Å². The van der Waals surface area contributed by atoms with E-state index < -0.39 is 9.05 Å². The Hall–Kier alpha value is -0.920. The Labute approximate surface area is 124 Å². The van der Waals surface area contributed by atoms with Crippen LogP contribution in [0.1, 0.15) is 17.0 Å². The molecular formula is C11H11BrClN3O2S. The number of pyridine rings is 1. The van der Waals surface area contributed by atoms with Gasteiger partial charge in [-0.3, -0.25) is 9.67 Å². The van der Waals surface area contributed by atoms with Crippen molar-refractivity contribution in [2.24, 2.45) is 0 Å². The molecule has 0 spiro atoms. The van der Waals surface area contributed by atoms with Crippen molar-refractivity contribution in [3.05, 3.63) is 39.9 Å². The third-order valence-corrected chi connectivity index (χ3v) is 4.63. The fourth-order valence-electron chi connectivity index (χ4n) is 1.90. The predicted octanol–water partition coefficient (Wildman–Crippen LogP) is 2.63. The summed E-state index contributed by atoms with van der Waals surface area (Å²) in [5.41, 5.74) is 1.83. The zero-order chi connectivity index (χ0) is 14.2. The Balaban J connectivity index is 2.43. The monoisotopic (exact) mass is 363 g/mol. The molecule has 0 unspecified atom stereocenters. The van der Waals surface area contributed by atoms with Crippen LogP contribution in [0.2, 0.25) is 0 Å². The first kappa shape index (κ1) is 14.5. The topological polar surface area (TPSA) is 64.8 Å². The van der Waals surface area contributed by atoms with Crippen molar-refractivity contribution in [2.75, 3.05) is 0 Å². The summed E-state index contributed by atoms with van der Waals surface area (Å²) in [7, 11) is 1.63. The average molecular weight is 365 g/mol. The molecule has 0 radical (unpaired) electrons. The summed E-state index contributed by atoms with van der Waals surface area (Å²) < 4.78 is 25.4. The van der Waals surface area contributed by atoms with Crippen LogP contribution in [0, 0.1) is 13.8 Å². The maximum absolute atomic E-state index is 11.5. The van der Waals surface area contributed by atoms with Crippen LogP contribution >= 0.6 is 26.6 Å². The summed E-state index contributed by atoms with van der Waals surface area (Å²) in [6.07, 6.45) is 3.38. The molecule has 2 aromatic heterocycles. The van der Waals surface area contributed by atoms with E-state index in [1.807, 2.05) is 6.07 Å². The van der Waals surface area contributed by atoms with E-state index >= 15 is 0 Å². The minimum Gasteiger partial charge on any atom is -0.264 e. The molecule has 0 aliphatic rings. The van der Waals surface area contributed by atoms with E-state index in [2.05, 4.69) is 26.0 Å². The number of rotatable bonds is 3. The summed E-state index contributed by atoms with van der Waals surface area (Å²) in [5, 5.41) is 4.21. The Bertz CT molecular complexity index is 728. The Morgan fingerprint density at radius 3 is 2.58 bits per heavy atom. The quantitative estimate of drug-likeness (QED) is 0.785. The van der Waals surface area contributed by atoms with Gasteiger partial charge in [0.1, 0.15) is 4.90 Å². The van der Waals surface area contributed by atoms with Gasteiger partial charge in [-0.05, 0) is 41.4 Å². The van der Waals surface area contributed by atoms with Crippen LogP contribution in [-0.4, -0.2) is 23.2 Å². The Morgan fingerprint density at radius 2 is 2.05 bits per heavy atom. The second-order valence-electron chi connectivity index (χ2n) is 4.11. The second kappa shape index (κ2) is 5.22. The van der Waals surface area contributed by atoms with Crippen molar-refractivity contribution < 1.29 is 8.42 Å². The highest BCUT2D eigenvalue weighted by molar-refractivity contribution is 9.10. The van der Waals surface area contributed by atoms with Gasteiger partial charge < -0.3 is 0 Å². The van der Waals surface area contributed by atoms with Gasteiger partial charge in [0.05, 0.1) is 17.9 Å². The highest BCUT2D eigenvalue weighted by Crippen LogP contribution is 2.23. The Kier molecular flexibility index (Phi) is 3.98. The molecule has 0 atom stereocenters. The predicted molar refractivity (Wildman–Crippen MR) is 75.8 cm³/mol. The van der Waals surface area contributed by atoms with Crippen LogP contribution in [0.4, 0.5) is 0 Å². The molecule has 2 rings (SSSR count). The van der Waals surface area contributed by atoms with Crippen LogP contribution in [0.5, 0.6) is 0 Å². The fraction of sp³-hybridized carbons (Fsp3) is 0.273. The van der Waals surface area contributed by atoms with E-state index in [1.165, 1.54) is 0 Å². The Morgan fingerprint density at radius 1 is 1.37 bits per heavy atom. The molecule has 0 saturated carbocycles. The van der Waals surface area contributed by atoms with Gasteiger partial charge in [-0.2, -0.15) is 5.10 Å². The minimum absolute atomic E-state index is 0.0807. The molecule has 0 aromatic carbocycles. The normalized spacial score (nSPS) is 11.8. The molecular weight excluding hydrogens is 354 g/mol. The molecule has 2 aromatic rings. The number of hydrogen-bond donors (Lipinski definition) is 0. The van der Waals surface area contributed by atoms with Gasteiger partial charge in [0.25, 0.3) is 9.05 Å². The van der Waals surface area contributed by atoms with Crippen molar-refractivity contribution >= 4 is 35.7 Å². The third-order valence-electron chi connectivity index (χ3n) is 2.65. The highest BCUT2D eigenvalue weighted by Gasteiger charge is 2.22. The summed E-state index contributed by atoms with van der Waals surface area (Å²) in [6.45, 7) is 3.74. The smallest absolute Gasteiger partial charge is 0.264 e. The second-order valence-corrected chi connectivity index (χ2v) is 7.53. The summed E-state index contributed by atoms with van der Waals surface area (Å²) in [4.78, 5) is 4.14. The van der Waals surface area contributed by atoms with Crippen LogP contribution < -0.4 is 0 Å². The van der Waals surface area contributed by atoms with Crippen molar-refractivity contribution in [1.29, 1.82) is 0 Å². The van der Waals surface area contributed by atoms with Crippen molar-refractivity contribution in [3.8, 4) is 0 Å². The van der Waals surface area contributed by atoms with Gasteiger partial charge >= 0.3 is 0 Å². The van der Waals surface area contributed by atoms with Crippen LogP contribution in [0.3, 0.4) is 0 Å². The first-order valence-corrected chi connectivity index (χ1v) is 8.47. The van der Waals surface area contributed by atoms with Crippen LogP contribution in [-0.2, 0) is 15.6 Å². The van der Waals surface area contributed by atoms with E-state index in [1.54, 1.807) is 30.9 Å². The maximum Gasteiger partial charge on any atom is 0.264 e. The molecule has 102 valence electrons. The highest BCUT2D eigenvalue weighted by atomic mass is 79.9. The lowest BCUT2D eigenvalue weighted by atomic mass is 10.3. The standard InChI is InChI=1S/C11H11BrClN3O2S/c1-7-11(19(13,17)18)8(2)16(15-7)6-9-3-10(12)5-14-4-9/h3-5H,6H2,1-2H3. The number of aryl methyl sites for hydroxylation is 1. The molecule has 8 heteroatoms. The van der Waals surface area contributed by atoms with Crippen molar-refractivity contribution in [1.82, 2.24) is 14.8 Å². The first-order valence-electron chi connectivity index (χ1n) is 5.37. The summed E-state index contributed by atoms with van der Waals surface area (Å²) in [6, 6.07) is 1.90. The lowest BCUT2D eigenvalue weighted by molar-refractivity contribution is 0.607. The van der Waals surface area contributed by atoms with Gasteiger partial charge in [0.2, 0.25) is 0 Å². The molecule has 0 amide bonds. The summed E-state index contributed by atoms with van der Waals surface area (Å²) in [5.74, 6) is 0. The number of hydrogen-bond acceptors (Lipinski definition) is 4. The fourth-order valence-corrected chi connectivity index (χ4v) is 3.84. The van der Waals surface area contributed by atoms with Gasteiger partial charge in [-0.15, -0.1) is 0 Å². The summed E-state index contributed by atoms with van der Waals surface area (Å²) >= 11 is 3.34. The lowest BCUT2D eigenvalue weighted by Crippen LogP contribution is -2.05. The number of aromatic nitrogens is 3. The van der Waals surface area contributed by atoms with E-state index in [9.17, 15) is 8.42 Å². The largest absolute Gasteiger partial charge is 0.264 e. The van der Waals surface area contributed by atoms with E-state index in [0.29, 0.717) is 17.9 Å². The third kappa shape index (κ3) is 3.16. The SMILES string of the molecule is Cc1nn(Cc2cncc(Br)c2)c(C)c1S(=O)(=O)Cl. The van der Waals surface area contributed by atoms with Gasteiger partial charge in [-0.1, -0.05) is 0 Å². The van der Waals surface area contributed by atoms with Gasteiger partial charge in [0, 0.05) is 27.5 Å². The van der Waals surface area contributed by atoms with Crippen LogP contribution in [0.15, 0.2) is 27.8 Å². The van der Waals surface area contributed by atoms with Crippen molar-refractivity contribution in [2.45, 2.75) is 25.3 Å².